The number of nitrogens with zero attached hydrogens (tertiary/aromatic N) is 2. The summed E-state index contributed by atoms with van der Waals surface area (Å²) < 4.78 is 0. The number of benzene rings is 2. The smallest absolute Gasteiger partial charge is 0.124 e. The molecular weight excluding hydrogens is 367 g/mol. The van der Waals surface area contributed by atoms with Crippen LogP contribution in [-0.4, -0.2) is 11.5 Å². The molecule has 0 saturated carbocycles. The standard InChI is InChI=1S/C20H20N4.2ClH/c1-14-10-20(22)24-19-11-17(6-7-18(14)19)13-23-9-8-15-2-4-16(12-21)5-3-15;;/h2-7,10-11,23H,8-9,13H2,1H3,(H2,22,24);2*1H. The van der Waals surface area contributed by atoms with Crippen molar-refractivity contribution in [2.75, 3.05) is 12.3 Å². The molecule has 0 spiro atoms. The number of pyridine rings is 1. The molecule has 0 amide bonds. The maximum Gasteiger partial charge on any atom is 0.124 e. The lowest BCUT2D eigenvalue weighted by Crippen LogP contribution is -2.16. The molecule has 0 fully saturated rings. The van der Waals surface area contributed by atoms with E-state index in [-0.39, 0.29) is 24.8 Å². The summed E-state index contributed by atoms with van der Waals surface area (Å²) in [7, 11) is 0. The second kappa shape index (κ2) is 9.98. The largest absolute Gasteiger partial charge is 0.384 e. The number of halogens is 2. The van der Waals surface area contributed by atoms with Gasteiger partial charge in [-0.05, 0) is 60.8 Å². The number of nitrogens with two attached hydrogens (primary N) is 1. The van der Waals surface area contributed by atoms with Crippen LogP contribution in [0.4, 0.5) is 5.82 Å². The van der Waals surface area contributed by atoms with Crippen LogP contribution in [0.2, 0.25) is 0 Å². The first-order valence-electron chi connectivity index (χ1n) is 8.01. The number of nitriles is 1. The highest BCUT2D eigenvalue weighted by Gasteiger charge is 2.02. The van der Waals surface area contributed by atoms with Crippen LogP contribution >= 0.6 is 24.8 Å². The molecule has 3 N–H and O–H groups in total. The van der Waals surface area contributed by atoms with E-state index in [2.05, 4.69) is 41.5 Å². The van der Waals surface area contributed by atoms with E-state index < -0.39 is 0 Å². The van der Waals surface area contributed by atoms with E-state index in [9.17, 15) is 0 Å². The lowest BCUT2D eigenvalue weighted by molar-refractivity contribution is 0.687. The number of fused-ring (bicyclic) bond motifs is 1. The van der Waals surface area contributed by atoms with Crippen molar-refractivity contribution in [1.29, 1.82) is 5.26 Å². The predicted molar refractivity (Wildman–Crippen MR) is 112 cm³/mol. The van der Waals surface area contributed by atoms with Crippen molar-refractivity contribution in [1.82, 2.24) is 10.3 Å². The van der Waals surface area contributed by atoms with Crippen molar-refractivity contribution in [3.63, 3.8) is 0 Å². The van der Waals surface area contributed by atoms with Crippen molar-refractivity contribution in [2.24, 2.45) is 0 Å². The third kappa shape index (κ3) is 5.34. The molecule has 0 atom stereocenters. The molecule has 3 aromatic rings. The fourth-order valence-corrected chi connectivity index (χ4v) is 2.80. The lowest BCUT2D eigenvalue weighted by atomic mass is 10.1. The quantitative estimate of drug-likeness (QED) is 0.643. The van der Waals surface area contributed by atoms with Crippen LogP contribution in [0, 0.1) is 18.3 Å². The summed E-state index contributed by atoms with van der Waals surface area (Å²) in [6.07, 6.45) is 0.934. The Labute approximate surface area is 166 Å². The summed E-state index contributed by atoms with van der Waals surface area (Å²) >= 11 is 0. The summed E-state index contributed by atoms with van der Waals surface area (Å²) in [5.74, 6) is 0.561. The maximum atomic E-state index is 8.80. The van der Waals surface area contributed by atoms with E-state index in [1.54, 1.807) is 0 Å². The highest BCUT2D eigenvalue weighted by molar-refractivity contribution is 5.86. The van der Waals surface area contributed by atoms with E-state index in [1.807, 2.05) is 30.3 Å². The fraction of sp³-hybridized carbons (Fsp3) is 0.200. The molecule has 0 aliphatic carbocycles. The Bertz CT molecular complexity index is 902. The summed E-state index contributed by atoms with van der Waals surface area (Å²) in [5, 5.41) is 13.4. The lowest BCUT2D eigenvalue weighted by Gasteiger charge is -2.08. The van der Waals surface area contributed by atoms with Crippen LogP contribution in [-0.2, 0) is 13.0 Å². The molecule has 1 aromatic heterocycles. The maximum absolute atomic E-state index is 8.80. The van der Waals surface area contributed by atoms with Gasteiger partial charge in [-0.1, -0.05) is 24.3 Å². The number of hydrogen-bond donors (Lipinski definition) is 2. The summed E-state index contributed by atoms with van der Waals surface area (Å²) in [6.45, 7) is 3.73. The van der Waals surface area contributed by atoms with Gasteiger partial charge in [-0.3, -0.25) is 0 Å². The van der Waals surface area contributed by atoms with E-state index in [4.69, 9.17) is 11.0 Å². The van der Waals surface area contributed by atoms with Gasteiger partial charge in [-0.15, -0.1) is 24.8 Å². The zero-order chi connectivity index (χ0) is 16.9. The van der Waals surface area contributed by atoms with Crippen LogP contribution in [0.1, 0.15) is 22.3 Å². The minimum atomic E-state index is 0. The molecule has 1 heterocycles. The second-order valence-electron chi connectivity index (χ2n) is 5.95. The number of nitrogen functional groups attached to an aromatic ring is 1. The number of aryl methyl sites for hydroxylation is 1. The third-order valence-corrected chi connectivity index (χ3v) is 4.10. The number of hydrogen-bond acceptors (Lipinski definition) is 4. The summed E-state index contributed by atoms with van der Waals surface area (Å²) in [6, 6.07) is 18.1. The molecule has 0 radical (unpaired) electrons. The van der Waals surface area contributed by atoms with Crippen LogP contribution in [0.3, 0.4) is 0 Å². The highest BCUT2D eigenvalue weighted by Crippen LogP contribution is 2.20. The Morgan fingerprint density at radius 3 is 2.42 bits per heavy atom. The van der Waals surface area contributed by atoms with E-state index >= 15 is 0 Å². The Morgan fingerprint density at radius 1 is 1.04 bits per heavy atom. The molecule has 3 rings (SSSR count). The molecule has 136 valence electrons. The van der Waals surface area contributed by atoms with Crippen LogP contribution in [0.15, 0.2) is 48.5 Å². The van der Waals surface area contributed by atoms with Gasteiger partial charge in [0.1, 0.15) is 5.82 Å². The number of rotatable bonds is 5. The van der Waals surface area contributed by atoms with E-state index in [1.165, 1.54) is 11.1 Å². The van der Waals surface area contributed by atoms with Gasteiger partial charge in [0.15, 0.2) is 0 Å². The Morgan fingerprint density at radius 2 is 1.73 bits per heavy atom. The van der Waals surface area contributed by atoms with Crippen molar-refractivity contribution in [2.45, 2.75) is 19.9 Å². The fourth-order valence-electron chi connectivity index (χ4n) is 2.80. The molecule has 6 heteroatoms. The summed E-state index contributed by atoms with van der Waals surface area (Å²) in [4.78, 5) is 4.41. The Kier molecular flexibility index (Phi) is 8.34. The van der Waals surface area contributed by atoms with Gasteiger partial charge in [-0.2, -0.15) is 5.26 Å². The average Bonchev–Trinajstić information content (AvgIpc) is 2.59. The minimum absolute atomic E-state index is 0. The van der Waals surface area contributed by atoms with Gasteiger partial charge in [-0.25, -0.2) is 4.98 Å². The molecule has 2 aromatic carbocycles. The minimum Gasteiger partial charge on any atom is -0.384 e. The van der Waals surface area contributed by atoms with Crippen LogP contribution in [0.5, 0.6) is 0 Å². The Balaban J connectivity index is 0.00000169. The number of nitrogens with one attached hydrogen (secondary N) is 1. The van der Waals surface area contributed by atoms with Crippen LogP contribution in [0.25, 0.3) is 10.9 Å². The highest BCUT2D eigenvalue weighted by atomic mass is 35.5. The van der Waals surface area contributed by atoms with Gasteiger partial charge in [0.25, 0.3) is 0 Å². The van der Waals surface area contributed by atoms with Gasteiger partial charge < -0.3 is 11.1 Å². The molecule has 0 unspecified atom stereocenters. The molecular formula is C20H22Cl2N4. The van der Waals surface area contributed by atoms with E-state index in [0.29, 0.717) is 11.4 Å². The first-order valence-corrected chi connectivity index (χ1v) is 8.01. The average molecular weight is 389 g/mol. The van der Waals surface area contributed by atoms with Crippen LogP contribution < -0.4 is 11.1 Å². The van der Waals surface area contributed by atoms with Gasteiger partial charge in [0, 0.05) is 11.9 Å². The molecule has 26 heavy (non-hydrogen) atoms. The third-order valence-electron chi connectivity index (χ3n) is 4.10. The van der Waals surface area contributed by atoms with Crippen molar-refractivity contribution in [3.05, 3.63) is 70.8 Å². The molecule has 4 nitrogen and oxygen atoms in total. The first-order chi connectivity index (χ1) is 11.7. The van der Waals surface area contributed by atoms with Gasteiger partial charge >= 0.3 is 0 Å². The molecule has 0 bridgehead atoms. The zero-order valence-electron chi connectivity index (χ0n) is 14.5. The van der Waals surface area contributed by atoms with Crippen molar-refractivity contribution in [3.8, 4) is 6.07 Å². The van der Waals surface area contributed by atoms with Gasteiger partial charge in [0.2, 0.25) is 0 Å². The van der Waals surface area contributed by atoms with Gasteiger partial charge in [0.05, 0.1) is 17.1 Å². The Hall–Kier alpha value is -2.32. The van der Waals surface area contributed by atoms with Crippen molar-refractivity contribution < 1.29 is 0 Å². The predicted octanol–water partition coefficient (Wildman–Crippen LogP) is 4.17. The first kappa shape index (κ1) is 21.7. The molecule has 0 aliphatic rings. The normalized spacial score (nSPS) is 9.85. The number of aromatic nitrogens is 1. The monoisotopic (exact) mass is 388 g/mol. The zero-order valence-corrected chi connectivity index (χ0v) is 16.2. The molecule has 0 aliphatic heterocycles. The SMILES string of the molecule is Cc1cc(N)nc2cc(CNCCc3ccc(C#N)cc3)ccc12.Cl.Cl. The molecule has 0 saturated heterocycles. The van der Waals surface area contributed by atoms with E-state index in [0.717, 1.165) is 36.0 Å². The summed E-state index contributed by atoms with van der Waals surface area (Å²) in [5.41, 5.74) is 11.0. The second-order valence-corrected chi connectivity index (χ2v) is 5.95. The van der Waals surface area contributed by atoms with Crippen molar-refractivity contribution >= 4 is 41.5 Å². The number of anilines is 1. The topological polar surface area (TPSA) is 74.7 Å².